The molecular weight excluding hydrogens is 226 g/mol. The maximum Gasteiger partial charge on any atom is 0.0897 e. The van der Waals surface area contributed by atoms with Crippen molar-refractivity contribution in [3.8, 4) is 0 Å². The highest BCUT2D eigenvalue weighted by Crippen LogP contribution is 2.28. The molecule has 1 rings (SSSR count). The summed E-state index contributed by atoms with van der Waals surface area (Å²) in [4.78, 5) is 0. The molecule has 108 valence electrons. The fourth-order valence-corrected chi connectivity index (χ4v) is 2.78. The number of hydrogen-bond acceptors (Lipinski definition) is 3. The highest BCUT2D eigenvalue weighted by atomic mass is 16.5. The maximum atomic E-state index is 9.83. The van der Waals surface area contributed by atoms with E-state index in [4.69, 9.17) is 4.74 Å². The number of aliphatic hydroxyl groups is 1. The lowest BCUT2D eigenvalue weighted by Gasteiger charge is -2.33. The zero-order chi connectivity index (χ0) is 13.4. The van der Waals surface area contributed by atoms with Gasteiger partial charge >= 0.3 is 0 Å². The predicted molar refractivity (Wildman–Crippen MR) is 75.7 cm³/mol. The zero-order valence-electron chi connectivity index (χ0n) is 12.3. The third-order valence-corrected chi connectivity index (χ3v) is 4.00. The molecule has 2 N–H and O–H groups in total. The number of unbranched alkanes of at least 4 members (excludes halogenated alkanes) is 1. The summed E-state index contributed by atoms with van der Waals surface area (Å²) in [6.07, 6.45) is 5.72. The van der Waals surface area contributed by atoms with Crippen LogP contribution in [-0.4, -0.2) is 37.0 Å². The van der Waals surface area contributed by atoms with Gasteiger partial charge in [0, 0.05) is 19.2 Å². The Hall–Kier alpha value is -0.120. The smallest absolute Gasteiger partial charge is 0.0897 e. The molecule has 0 amide bonds. The summed E-state index contributed by atoms with van der Waals surface area (Å²) in [5.74, 6) is 1.59. The largest absolute Gasteiger partial charge is 0.389 e. The summed E-state index contributed by atoms with van der Waals surface area (Å²) >= 11 is 0. The van der Waals surface area contributed by atoms with Gasteiger partial charge in [-0.1, -0.05) is 27.2 Å². The van der Waals surface area contributed by atoms with Crippen molar-refractivity contribution >= 4 is 0 Å². The van der Waals surface area contributed by atoms with Gasteiger partial charge in [-0.25, -0.2) is 0 Å². The van der Waals surface area contributed by atoms with E-state index in [9.17, 15) is 5.11 Å². The molecule has 0 aromatic rings. The van der Waals surface area contributed by atoms with Crippen LogP contribution in [0, 0.1) is 11.8 Å². The summed E-state index contributed by atoms with van der Waals surface area (Å²) in [5, 5.41) is 13.3. The highest BCUT2D eigenvalue weighted by Gasteiger charge is 2.25. The molecule has 1 aliphatic rings. The molecule has 0 aromatic carbocycles. The molecule has 0 spiro atoms. The minimum absolute atomic E-state index is 0.367. The Balaban J connectivity index is 2.08. The van der Waals surface area contributed by atoms with E-state index in [1.807, 2.05) is 0 Å². The molecule has 0 aromatic heterocycles. The average Bonchev–Trinajstić information content (AvgIpc) is 2.33. The SMILES string of the molecule is CCCCOCC(O)CNC1CCC(C)CC1C. The van der Waals surface area contributed by atoms with Crippen LogP contribution < -0.4 is 5.32 Å². The quantitative estimate of drug-likeness (QED) is 0.657. The topological polar surface area (TPSA) is 41.5 Å². The first-order chi connectivity index (χ1) is 8.63. The van der Waals surface area contributed by atoms with Gasteiger partial charge in [-0.05, 0) is 37.5 Å². The highest BCUT2D eigenvalue weighted by molar-refractivity contribution is 4.81. The van der Waals surface area contributed by atoms with Crippen LogP contribution in [0.2, 0.25) is 0 Å². The molecule has 0 aliphatic heterocycles. The van der Waals surface area contributed by atoms with Crippen molar-refractivity contribution in [3.05, 3.63) is 0 Å². The van der Waals surface area contributed by atoms with Crippen LogP contribution in [0.3, 0.4) is 0 Å². The third-order valence-electron chi connectivity index (χ3n) is 4.00. The molecule has 0 saturated heterocycles. The van der Waals surface area contributed by atoms with E-state index in [0.717, 1.165) is 31.3 Å². The average molecular weight is 257 g/mol. The Morgan fingerprint density at radius 1 is 1.33 bits per heavy atom. The maximum absolute atomic E-state index is 9.83. The molecule has 0 bridgehead atoms. The molecule has 4 atom stereocenters. The second kappa shape index (κ2) is 8.89. The van der Waals surface area contributed by atoms with E-state index in [2.05, 4.69) is 26.1 Å². The molecule has 3 nitrogen and oxygen atoms in total. The van der Waals surface area contributed by atoms with Gasteiger partial charge in [0.25, 0.3) is 0 Å². The van der Waals surface area contributed by atoms with Gasteiger partial charge in [-0.3, -0.25) is 0 Å². The molecule has 18 heavy (non-hydrogen) atoms. The second-order valence-electron chi connectivity index (χ2n) is 5.99. The normalized spacial score (nSPS) is 30.3. The Morgan fingerprint density at radius 3 is 2.78 bits per heavy atom. The van der Waals surface area contributed by atoms with Crippen LogP contribution in [0.15, 0.2) is 0 Å². The van der Waals surface area contributed by atoms with E-state index >= 15 is 0 Å². The van der Waals surface area contributed by atoms with Crippen molar-refractivity contribution in [1.82, 2.24) is 5.32 Å². The number of aliphatic hydroxyl groups excluding tert-OH is 1. The van der Waals surface area contributed by atoms with Crippen molar-refractivity contribution in [2.45, 2.75) is 65.0 Å². The summed E-state index contributed by atoms with van der Waals surface area (Å²) in [7, 11) is 0. The van der Waals surface area contributed by atoms with E-state index in [1.165, 1.54) is 19.3 Å². The van der Waals surface area contributed by atoms with Crippen molar-refractivity contribution in [3.63, 3.8) is 0 Å². The number of ether oxygens (including phenoxy) is 1. The van der Waals surface area contributed by atoms with E-state index < -0.39 is 0 Å². The minimum Gasteiger partial charge on any atom is -0.389 e. The molecule has 0 radical (unpaired) electrons. The van der Waals surface area contributed by atoms with Crippen molar-refractivity contribution in [2.24, 2.45) is 11.8 Å². The number of hydrogen-bond donors (Lipinski definition) is 2. The van der Waals surface area contributed by atoms with E-state index in [1.54, 1.807) is 0 Å². The van der Waals surface area contributed by atoms with Gasteiger partial charge in [0.2, 0.25) is 0 Å². The summed E-state index contributed by atoms with van der Waals surface area (Å²) in [6, 6.07) is 0.575. The third kappa shape index (κ3) is 6.17. The van der Waals surface area contributed by atoms with Crippen molar-refractivity contribution in [1.29, 1.82) is 0 Å². The zero-order valence-corrected chi connectivity index (χ0v) is 12.3. The van der Waals surface area contributed by atoms with E-state index in [-0.39, 0.29) is 6.10 Å². The fourth-order valence-electron chi connectivity index (χ4n) is 2.78. The molecule has 3 heteroatoms. The Labute approximate surface area is 112 Å². The second-order valence-corrected chi connectivity index (χ2v) is 5.99. The van der Waals surface area contributed by atoms with Crippen LogP contribution >= 0.6 is 0 Å². The van der Waals surface area contributed by atoms with Gasteiger partial charge in [-0.2, -0.15) is 0 Å². The lowest BCUT2D eigenvalue weighted by Crippen LogP contribution is -2.43. The van der Waals surface area contributed by atoms with Crippen molar-refractivity contribution < 1.29 is 9.84 Å². The van der Waals surface area contributed by atoms with Crippen LogP contribution in [0.1, 0.15) is 52.9 Å². The number of nitrogens with one attached hydrogen (secondary N) is 1. The Bertz CT molecular complexity index is 211. The summed E-state index contributed by atoms with van der Waals surface area (Å²) in [5.41, 5.74) is 0. The van der Waals surface area contributed by atoms with Crippen LogP contribution in [0.25, 0.3) is 0 Å². The van der Waals surface area contributed by atoms with Crippen LogP contribution in [0.4, 0.5) is 0 Å². The van der Waals surface area contributed by atoms with Gasteiger partial charge in [-0.15, -0.1) is 0 Å². The molecule has 1 fully saturated rings. The number of rotatable bonds is 8. The molecule has 0 heterocycles. The molecule has 1 saturated carbocycles. The first-order valence-corrected chi connectivity index (χ1v) is 7.62. The van der Waals surface area contributed by atoms with Crippen LogP contribution in [-0.2, 0) is 4.74 Å². The first kappa shape index (κ1) is 15.9. The summed E-state index contributed by atoms with van der Waals surface area (Å²) < 4.78 is 5.43. The van der Waals surface area contributed by atoms with Gasteiger partial charge in [0.15, 0.2) is 0 Å². The molecule has 1 aliphatic carbocycles. The lowest BCUT2D eigenvalue weighted by atomic mass is 9.80. The van der Waals surface area contributed by atoms with E-state index in [0.29, 0.717) is 19.2 Å². The first-order valence-electron chi connectivity index (χ1n) is 7.62. The lowest BCUT2D eigenvalue weighted by molar-refractivity contribution is 0.0323. The monoisotopic (exact) mass is 257 g/mol. The van der Waals surface area contributed by atoms with Crippen LogP contribution in [0.5, 0.6) is 0 Å². The molecule has 4 unspecified atom stereocenters. The predicted octanol–water partition coefficient (Wildman–Crippen LogP) is 2.58. The van der Waals surface area contributed by atoms with Gasteiger partial charge in [0.05, 0.1) is 12.7 Å². The van der Waals surface area contributed by atoms with Crippen molar-refractivity contribution in [2.75, 3.05) is 19.8 Å². The standard InChI is InChI=1S/C15H31NO2/c1-4-5-8-18-11-14(17)10-16-15-7-6-12(2)9-13(15)3/h12-17H,4-11H2,1-3H3. The minimum atomic E-state index is -0.367. The fraction of sp³-hybridized carbons (Fsp3) is 1.00. The summed E-state index contributed by atoms with van der Waals surface area (Å²) in [6.45, 7) is 8.69. The molecular formula is C15H31NO2. The Kier molecular flexibility index (Phi) is 7.87. The Morgan fingerprint density at radius 2 is 2.11 bits per heavy atom. The van der Waals surface area contributed by atoms with Gasteiger partial charge in [0.1, 0.15) is 0 Å². The van der Waals surface area contributed by atoms with Gasteiger partial charge < -0.3 is 15.2 Å².